The Labute approximate surface area is 239 Å². The highest BCUT2D eigenvalue weighted by atomic mass is 35.5. The maximum atomic E-state index is 12.4. The minimum absolute atomic E-state index is 0.299. The van der Waals surface area contributed by atoms with Gasteiger partial charge in [0.2, 0.25) is 0 Å². The minimum Gasteiger partial charge on any atom is -0.444 e. The van der Waals surface area contributed by atoms with Crippen LogP contribution in [-0.2, 0) is 16.0 Å². The summed E-state index contributed by atoms with van der Waals surface area (Å²) < 4.78 is 12.5. The van der Waals surface area contributed by atoms with E-state index in [1.165, 1.54) is 0 Å². The summed E-state index contributed by atoms with van der Waals surface area (Å²) in [6.07, 6.45) is 1.84. The van der Waals surface area contributed by atoms with Gasteiger partial charge in [0.1, 0.15) is 22.7 Å². The van der Waals surface area contributed by atoms with Crippen LogP contribution in [0.5, 0.6) is 0 Å². The fraction of sp³-hybridized carbons (Fsp3) is 0.536. The normalized spacial score (nSPS) is 14.4. The van der Waals surface area contributed by atoms with Crippen LogP contribution in [0.4, 0.5) is 15.4 Å². The van der Waals surface area contributed by atoms with Gasteiger partial charge < -0.3 is 24.6 Å². The van der Waals surface area contributed by atoms with E-state index in [1.807, 2.05) is 72.0 Å². The lowest BCUT2D eigenvalue weighted by Crippen LogP contribution is -2.50. The Morgan fingerprint density at radius 1 is 1.00 bits per heavy atom. The number of ether oxygens (including phenoxy) is 2. The van der Waals surface area contributed by atoms with Crippen LogP contribution in [0.3, 0.4) is 0 Å². The smallest absolute Gasteiger partial charge is 0.410 e. The van der Waals surface area contributed by atoms with Crippen LogP contribution < -0.4 is 10.2 Å². The molecule has 0 atom stereocenters. The fourth-order valence-electron chi connectivity index (χ4n) is 4.23. The van der Waals surface area contributed by atoms with Crippen LogP contribution in [0.15, 0.2) is 30.5 Å². The number of halogens is 1. The molecule has 1 saturated heterocycles. The van der Waals surface area contributed by atoms with Crippen molar-refractivity contribution in [1.82, 2.24) is 30.2 Å². The Balaban J connectivity index is 1.35. The van der Waals surface area contributed by atoms with Gasteiger partial charge in [0.15, 0.2) is 0 Å². The number of anilines is 1. The van der Waals surface area contributed by atoms with Crippen LogP contribution in [0.2, 0.25) is 5.02 Å². The summed E-state index contributed by atoms with van der Waals surface area (Å²) >= 11 is 6.67. The SMILES string of the molecule is CC(C)(C)OC(=O)NCCCn1cc(-c2ccc3nc(N4CCN(C(=O)OC(C)(C)C)CC4)c(Cl)cc3c2)nn1. The molecule has 12 heteroatoms. The van der Waals surface area contributed by atoms with Crippen LogP contribution in [0.1, 0.15) is 48.0 Å². The molecule has 1 N–H and O–H groups in total. The Morgan fingerprint density at radius 2 is 1.70 bits per heavy atom. The van der Waals surface area contributed by atoms with Crippen molar-refractivity contribution in [3.8, 4) is 11.3 Å². The number of hydrogen-bond acceptors (Lipinski definition) is 8. The summed E-state index contributed by atoms with van der Waals surface area (Å²) in [6, 6.07) is 7.82. The van der Waals surface area contributed by atoms with Gasteiger partial charge in [-0.15, -0.1) is 5.10 Å². The lowest BCUT2D eigenvalue weighted by molar-refractivity contribution is 0.0240. The predicted molar refractivity (Wildman–Crippen MR) is 155 cm³/mol. The quantitative estimate of drug-likeness (QED) is 0.405. The van der Waals surface area contributed by atoms with Crippen molar-refractivity contribution in [1.29, 1.82) is 0 Å². The average molecular weight is 572 g/mol. The van der Waals surface area contributed by atoms with E-state index in [0.717, 1.165) is 22.2 Å². The van der Waals surface area contributed by atoms with Gasteiger partial charge in [-0.25, -0.2) is 14.6 Å². The number of aromatic nitrogens is 4. The molecule has 2 aromatic heterocycles. The Bertz CT molecular complexity index is 1350. The molecule has 1 fully saturated rings. The second-order valence-corrected chi connectivity index (χ2v) is 12.2. The molecule has 0 unspecified atom stereocenters. The zero-order valence-corrected chi connectivity index (χ0v) is 24.8. The topological polar surface area (TPSA) is 115 Å². The van der Waals surface area contributed by atoms with Crippen LogP contribution in [0, 0.1) is 0 Å². The van der Waals surface area contributed by atoms with E-state index in [-0.39, 0.29) is 6.09 Å². The Morgan fingerprint density at radius 3 is 2.38 bits per heavy atom. The molecule has 11 nitrogen and oxygen atoms in total. The third-order valence-electron chi connectivity index (χ3n) is 6.05. The number of nitrogens with zero attached hydrogens (tertiary/aromatic N) is 6. The van der Waals surface area contributed by atoms with E-state index >= 15 is 0 Å². The number of carbonyl (C=O) groups is 2. The highest BCUT2D eigenvalue weighted by Gasteiger charge is 2.27. The molecule has 0 spiro atoms. The molecule has 3 aromatic rings. The van der Waals surface area contributed by atoms with Crippen LogP contribution in [0.25, 0.3) is 22.2 Å². The summed E-state index contributed by atoms with van der Waals surface area (Å²) in [4.78, 5) is 32.8. The van der Waals surface area contributed by atoms with E-state index in [0.29, 0.717) is 56.5 Å². The van der Waals surface area contributed by atoms with E-state index in [9.17, 15) is 9.59 Å². The van der Waals surface area contributed by atoms with Gasteiger partial charge in [-0.2, -0.15) is 0 Å². The van der Waals surface area contributed by atoms with Crippen molar-refractivity contribution >= 4 is 40.5 Å². The third-order valence-corrected chi connectivity index (χ3v) is 6.33. The molecule has 0 saturated carbocycles. The van der Waals surface area contributed by atoms with Gasteiger partial charge in [0.05, 0.1) is 16.7 Å². The number of carbonyl (C=O) groups excluding carboxylic acids is 2. The lowest BCUT2D eigenvalue weighted by atomic mass is 10.1. The number of piperazine rings is 1. The van der Waals surface area contributed by atoms with E-state index in [1.54, 1.807) is 9.58 Å². The molecule has 1 aromatic carbocycles. The molecule has 0 aliphatic carbocycles. The first-order valence-electron chi connectivity index (χ1n) is 13.5. The van der Waals surface area contributed by atoms with Crippen molar-refractivity contribution in [2.24, 2.45) is 0 Å². The third kappa shape index (κ3) is 7.97. The monoisotopic (exact) mass is 571 g/mol. The zero-order chi connectivity index (χ0) is 29.1. The largest absolute Gasteiger partial charge is 0.444 e. The highest BCUT2D eigenvalue weighted by molar-refractivity contribution is 6.33. The van der Waals surface area contributed by atoms with Crippen LogP contribution in [-0.4, -0.2) is 81.0 Å². The highest BCUT2D eigenvalue weighted by Crippen LogP contribution is 2.31. The fourth-order valence-corrected chi connectivity index (χ4v) is 4.51. The van der Waals surface area contributed by atoms with E-state index in [2.05, 4.69) is 20.5 Å². The standard InChI is InChI=1S/C28H38ClN7O4/c1-27(2,3)39-25(37)30-10-7-11-36-18-23(32-33-36)19-8-9-22-20(16-19)17-21(29)24(31-22)34-12-14-35(15-13-34)26(38)40-28(4,5)6/h8-9,16-18H,7,10-15H2,1-6H3,(H,30,37). The minimum atomic E-state index is -0.523. The second kappa shape index (κ2) is 11.9. The molecular formula is C28H38ClN7O4. The molecule has 1 aliphatic rings. The first-order chi connectivity index (χ1) is 18.8. The number of alkyl carbamates (subject to hydrolysis) is 1. The lowest BCUT2D eigenvalue weighted by Gasteiger charge is -2.36. The summed E-state index contributed by atoms with van der Waals surface area (Å²) in [5.74, 6) is 0.705. The number of aryl methyl sites for hydroxylation is 1. The van der Waals surface area contributed by atoms with Crippen molar-refractivity contribution < 1.29 is 19.1 Å². The van der Waals surface area contributed by atoms with Gasteiger partial charge in [-0.05, 0) is 66.2 Å². The molecule has 3 heterocycles. The molecule has 0 bridgehead atoms. The summed E-state index contributed by atoms with van der Waals surface area (Å²) in [7, 11) is 0. The van der Waals surface area contributed by atoms with Gasteiger partial charge in [0.25, 0.3) is 0 Å². The van der Waals surface area contributed by atoms with Crippen molar-refractivity contribution in [3.05, 3.63) is 35.5 Å². The number of pyridine rings is 1. The first-order valence-corrected chi connectivity index (χ1v) is 13.9. The average Bonchev–Trinajstić information content (AvgIpc) is 3.33. The van der Waals surface area contributed by atoms with Crippen LogP contribution >= 0.6 is 11.6 Å². The van der Waals surface area contributed by atoms with Gasteiger partial charge >= 0.3 is 12.2 Å². The summed E-state index contributed by atoms with van der Waals surface area (Å²) in [5.41, 5.74) is 1.41. The number of hydrogen-bond donors (Lipinski definition) is 1. The molecule has 0 radical (unpaired) electrons. The molecule has 1 aliphatic heterocycles. The number of fused-ring (bicyclic) bond motifs is 1. The van der Waals surface area contributed by atoms with E-state index in [4.69, 9.17) is 26.1 Å². The van der Waals surface area contributed by atoms with Crippen molar-refractivity contribution in [2.45, 2.75) is 65.7 Å². The number of rotatable bonds is 6. The zero-order valence-electron chi connectivity index (χ0n) is 24.0. The van der Waals surface area contributed by atoms with E-state index < -0.39 is 17.3 Å². The van der Waals surface area contributed by atoms with Crippen molar-refractivity contribution in [2.75, 3.05) is 37.6 Å². The molecule has 216 valence electrons. The molecule has 2 amide bonds. The van der Waals surface area contributed by atoms with Gasteiger partial charge in [-0.1, -0.05) is 22.9 Å². The maximum Gasteiger partial charge on any atom is 0.410 e. The molecular weight excluding hydrogens is 534 g/mol. The second-order valence-electron chi connectivity index (χ2n) is 11.8. The van der Waals surface area contributed by atoms with Crippen molar-refractivity contribution in [3.63, 3.8) is 0 Å². The Kier molecular flexibility index (Phi) is 8.72. The van der Waals surface area contributed by atoms with Gasteiger partial charge in [0, 0.05) is 50.2 Å². The number of nitrogens with one attached hydrogen (secondary N) is 1. The molecule has 4 rings (SSSR count). The predicted octanol–water partition coefficient (Wildman–Crippen LogP) is 5.12. The maximum absolute atomic E-state index is 12.4. The number of amides is 2. The summed E-state index contributed by atoms with van der Waals surface area (Å²) in [6.45, 7) is 14.5. The van der Waals surface area contributed by atoms with Gasteiger partial charge in [-0.3, -0.25) is 4.68 Å². The summed E-state index contributed by atoms with van der Waals surface area (Å²) in [5, 5.41) is 12.7. The Hall–Kier alpha value is -3.60. The molecule has 40 heavy (non-hydrogen) atoms. The first kappa shape index (κ1) is 29.4. The number of benzene rings is 1.